The van der Waals surface area contributed by atoms with Gasteiger partial charge in [-0.3, -0.25) is 4.79 Å². The summed E-state index contributed by atoms with van der Waals surface area (Å²) in [4.78, 5) is 28.6. The first kappa shape index (κ1) is 15.9. The highest BCUT2D eigenvalue weighted by atomic mass is 32.1. The third kappa shape index (κ3) is 4.27. The van der Waals surface area contributed by atoms with Crippen molar-refractivity contribution in [2.24, 2.45) is 0 Å². The number of aromatic nitrogens is 1. The minimum Gasteiger partial charge on any atom is -0.451 e. The lowest BCUT2D eigenvalue weighted by Gasteiger charge is -2.08. The van der Waals surface area contributed by atoms with Gasteiger partial charge in [0.15, 0.2) is 6.61 Å². The molecule has 1 aromatic rings. The number of hydrogen-bond acceptors (Lipinski definition) is 5. The molecule has 0 bridgehead atoms. The molecule has 1 fully saturated rings. The van der Waals surface area contributed by atoms with Gasteiger partial charge < -0.3 is 10.1 Å². The zero-order chi connectivity index (χ0) is 15.4. The number of esters is 1. The Morgan fingerprint density at radius 2 is 2.05 bits per heavy atom. The molecule has 1 aliphatic rings. The minimum absolute atomic E-state index is 0.0373. The lowest BCUT2D eigenvalue weighted by Crippen LogP contribution is -2.33. The summed E-state index contributed by atoms with van der Waals surface area (Å²) >= 11 is 1.41. The number of amides is 1. The number of carbonyl (C=O) groups is 2. The minimum atomic E-state index is -0.451. The average molecular weight is 310 g/mol. The second-order valence-electron chi connectivity index (χ2n) is 5.75. The van der Waals surface area contributed by atoms with Gasteiger partial charge in [-0.2, -0.15) is 0 Å². The van der Waals surface area contributed by atoms with E-state index < -0.39 is 5.97 Å². The zero-order valence-corrected chi connectivity index (χ0v) is 13.6. The molecule has 1 aliphatic carbocycles. The molecule has 1 saturated carbocycles. The third-order valence-electron chi connectivity index (χ3n) is 3.49. The predicted octanol–water partition coefficient (Wildman–Crippen LogP) is 2.79. The van der Waals surface area contributed by atoms with Crippen LogP contribution < -0.4 is 5.32 Å². The van der Waals surface area contributed by atoms with Gasteiger partial charge in [-0.05, 0) is 33.6 Å². The molecule has 0 radical (unpaired) electrons. The highest BCUT2D eigenvalue weighted by molar-refractivity contribution is 7.13. The fourth-order valence-electron chi connectivity index (χ4n) is 2.51. The number of rotatable bonds is 5. The van der Waals surface area contributed by atoms with E-state index in [2.05, 4.69) is 10.3 Å². The van der Waals surface area contributed by atoms with Crippen molar-refractivity contribution in [3.05, 3.63) is 15.6 Å². The van der Waals surface area contributed by atoms with Gasteiger partial charge in [-0.25, -0.2) is 9.78 Å². The van der Waals surface area contributed by atoms with Gasteiger partial charge in [0.25, 0.3) is 5.91 Å². The molecule has 0 aromatic carbocycles. The Bertz CT molecular complexity index is 519. The topological polar surface area (TPSA) is 68.3 Å². The van der Waals surface area contributed by atoms with Crippen LogP contribution in [0, 0.1) is 6.92 Å². The van der Waals surface area contributed by atoms with Gasteiger partial charge in [-0.15, -0.1) is 11.3 Å². The van der Waals surface area contributed by atoms with Crippen LogP contribution in [0.2, 0.25) is 0 Å². The van der Waals surface area contributed by atoms with Crippen LogP contribution in [0.25, 0.3) is 0 Å². The van der Waals surface area contributed by atoms with E-state index in [9.17, 15) is 9.59 Å². The second kappa shape index (κ2) is 7.02. The van der Waals surface area contributed by atoms with E-state index in [-0.39, 0.29) is 18.6 Å². The van der Waals surface area contributed by atoms with Crippen LogP contribution >= 0.6 is 11.3 Å². The Morgan fingerprint density at radius 1 is 1.38 bits per heavy atom. The molecule has 0 atom stereocenters. The maximum Gasteiger partial charge on any atom is 0.350 e. The molecule has 1 amide bonds. The highest BCUT2D eigenvalue weighted by Crippen LogP contribution is 2.37. The summed E-state index contributed by atoms with van der Waals surface area (Å²) in [7, 11) is 0. The lowest BCUT2D eigenvalue weighted by molar-refractivity contribution is -0.124. The fraction of sp³-hybridized carbons (Fsp3) is 0.667. The van der Waals surface area contributed by atoms with E-state index in [4.69, 9.17) is 4.74 Å². The average Bonchev–Trinajstić information content (AvgIpc) is 3.04. The summed E-state index contributed by atoms with van der Waals surface area (Å²) in [5.41, 5.74) is 0.705. The molecule has 1 heterocycles. The highest BCUT2D eigenvalue weighted by Gasteiger charge is 2.24. The predicted molar refractivity (Wildman–Crippen MR) is 81.6 cm³/mol. The number of thiazole rings is 1. The van der Waals surface area contributed by atoms with Crippen molar-refractivity contribution >= 4 is 23.2 Å². The Labute approximate surface area is 129 Å². The van der Waals surface area contributed by atoms with Crippen LogP contribution in [0.4, 0.5) is 0 Å². The molecular weight excluding hydrogens is 288 g/mol. The monoisotopic (exact) mass is 310 g/mol. The molecule has 1 aromatic heterocycles. The normalized spacial score (nSPS) is 15.4. The molecule has 2 rings (SSSR count). The molecule has 1 N–H and O–H groups in total. The maximum atomic E-state index is 12.1. The number of carbonyl (C=O) groups excluding carboxylic acids is 2. The van der Waals surface area contributed by atoms with Crippen molar-refractivity contribution in [3.8, 4) is 0 Å². The summed E-state index contributed by atoms with van der Waals surface area (Å²) in [5.74, 6) is -0.246. The Kier molecular flexibility index (Phi) is 5.33. The molecule has 6 heteroatoms. The number of ether oxygens (including phenoxy) is 1. The molecule has 0 unspecified atom stereocenters. The molecule has 0 aliphatic heterocycles. The molecule has 5 nitrogen and oxygen atoms in total. The summed E-state index contributed by atoms with van der Waals surface area (Å²) in [6.07, 6.45) is 4.77. The van der Waals surface area contributed by atoms with Gasteiger partial charge in [0.1, 0.15) is 4.88 Å². The van der Waals surface area contributed by atoms with Crippen LogP contribution in [0.1, 0.15) is 65.8 Å². The molecular formula is C15H22N2O3S. The first-order chi connectivity index (χ1) is 9.97. The molecule has 21 heavy (non-hydrogen) atoms. The number of nitrogens with zero attached hydrogens (tertiary/aromatic N) is 1. The Morgan fingerprint density at radius 3 is 2.67 bits per heavy atom. The molecule has 0 saturated heterocycles. The van der Waals surface area contributed by atoms with E-state index in [0.29, 0.717) is 16.5 Å². The number of aryl methyl sites for hydroxylation is 1. The smallest absolute Gasteiger partial charge is 0.350 e. The van der Waals surface area contributed by atoms with E-state index in [1.807, 2.05) is 20.8 Å². The Balaban J connectivity index is 1.94. The van der Waals surface area contributed by atoms with Gasteiger partial charge in [0, 0.05) is 12.0 Å². The van der Waals surface area contributed by atoms with E-state index in [1.54, 1.807) is 0 Å². The molecule has 0 spiro atoms. The van der Waals surface area contributed by atoms with E-state index >= 15 is 0 Å². The summed E-state index contributed by atoms with van der Waals surface area (Å²) in [5, 5.41) is 3.72. The standard InChI is InChI=1S/C15H22N2O3S/c1-9(2)16-12(18)8-20-15(19)13-10(3)17-14(21-13)11-6-4-5-7-11/h9,11H,4-8H2,1-3H3,(H,16,18). The fourth-order valence-corrected chi connectivity index (χ4v) is 3.64. The van der Waals surface area contributed by atoms with Crippen molar-refractivity contribution in [1.82, 2.24) is 10.3 Å². The van der Waals surface area contributed by atoms with E-state index in [0.717, 1.165) is 17.8 Å². The van der Waals surface area contributed by atoms with E-state index in [1.165, 1.54) is 24.2 Å². The summed E-state index contributed by atoms with van der Waals surface area (Å²) < 4.78 is 5.07. The van der Waals surface area contributed by atoms with Gasteiger partial charge in [0.05, 0.1) is 10.7 Å². The van der Waals surface area contributed by atoms with Gasteiger partial charge in [0.2, 0.25) is 0 Å². The van der Waals surface area contributed by atoms with Crippen LogP contribution in [0.3, 0.4) is 0 Å². The Hall–Kier alpha value is -1.43. The SMILES string of the molecule is Cc1nc(C2CCCC2)sc1C(=O)OCC(=O)NC(C)C. The summed E-state index contributed by atoms with van der Waals surface area (Å²) in [6, 6.07) is 0.0373. The first-order valence-electron chi connectivity index (χ1n) is 7.41. The van der Waals surface area contributed by atoms with Crippen molar-refractivity contribution in [2.45, 2.75) is 58.4 Å². The lowest BCUT2D eigenvalue weighted by atomic mass is 10.1. The van der Waals surface area contributed by atoms with Crippen molar-refractivity contribution in [3.63, 3.8) is 0 Å². The summed E-state index contributed by atoms with van der Waals surface area (Å²) in [6.45, 7) is 5.30. The van der Waals surface area contributed by atoms with Gasteiger partial charge in [-0.1, -0.05) is 12.8 Å². The maximum absolute atomic E-state index is 12.1. The van der Waals surface area contributed by atoms with Crippen LogP contribution in [0.15, 0.2) is 0 Å². The van der Waals surface area contributed by atoms with Crippen molar-refractivity contribution in [2.75, 3.05) is 6.61 Å². The quantitative estimate of drug-likeness (QED) is 0.849. The number of nitrogens with one attached hydrogen (secondary N) is 1. The van der Waals surface area contributed by atoms with Crippen LogP contribution in [-0.2, 0) is 9.53 Å². The van der Waals surface area contributed by atoms with Crippen LogP contribution in [0.5, 0.6) is 0 Å². The third-order valence-corrected chi connectivity index (χ3v) is 4.79. The molecule has 116 valence electrons. The van der Waals surface area contributed by atoms with Crippen molar-refractivity contribution in [1.29, 1.82) is 0 Å². The first-order valence-corrected chi connectivity index (χ1v) is 8.23. The van der Waals surface area contributed by atoms with Crippen LogP contribution in [-0.4, -0.2) is 29.5 Å². The zero-order valence-electron chi connectivity index (χ0n) is 12.8. The van der Waals surface area contributed by atoms with Crippen molar-refractivity contribution < 1.29 is 14.3 Å². The largest absolute Gasteiger partial charge is 0.451 e. The second-order valence-corrected chi connectivity index (χ2v) is 6.78. The number of hydrogen-bond donors (Lipinski definition) is 1. The van der Waals surface area contributed by atoms with Gasteiger partial charge >= 0.3 is 5.97 Å².